The lowest BCUT2D eigenvalue weighted by Crippen LogP contribution is -2.11. The highest BCUT2D eigenvalue weighted by Gasteiger charge is 2.17. The van der Waals surface area contributed by atoms with E-state index in [0.29, 0.717) is 22.6 Å². The molecule has 254 valence electrons. The van der Waals surface area contributed by atoms with Crippen molar-refractivity contribution in [1.29, 1.82) is 0 Å². The van der Waals surface area contributed by atoms with Gasteiger partial charge in [-0.15, -0.1) is 0 Å². The van der Waals surface area contributed by atoms with Gasteiger partial charge in [-0.1, -0.05) is 88.8 Å². The monoisotopic (exact) mass is 664 g/mol. The first kappa shape index (κ1) is 33.2. The van der Waals surface area contributed by atoms with E-state index in [0.717, 1.165) is 47.7 Å². The third kappa shape index (κ3) is 6.75. The second kappa shape index (κ2) is 15.0. The molecule has 0 aliphatic carbocycles. The van der Waals surface area contributed by atoms with Crippen LogP contribution in [0.3, 0.4) is 0 Å². The summed E-state index contributed by atoms with van der Waals surface area (Å²) in [6, 6.07) is 35.0. The Morgan fingerprint density at radius 3 is 1.28 bits per heavy atom. The predicted molar refractivity (Wildman–Crippen MR) is 204 cm³/mol. The van der Waals surface area contributed by atoms with Gasteiger partial charge < -0.3 is 18.6 Å². The van der Waals surface area contributed by atoms with Gasteiger partial charge in [0, 0.05) is 57.8 Å². The van der Waals surface area contributed by atoms with Crippen LogP contribution in [-0.4, -0.2) is 21.1 Å². The molecule has 2 heterocycles. The summed E-state index contributed by atoms with van der Waals surface area (Å²) in [5.74, 6) is 0.0164. The highest BCUT2D eigenvalue weighted by molar-refractivity contribution is 6.09. The van der Waals surface area contributed by atoms with Crippen molar-refractivity contribution in [1.82, 2.24) is 9.13 Å². The maximum absolute atomic E-state index is 13.2. The van der Waals surface area contributed by atoms with Gasteiger partial charge in [0.25, 0.3) is 0 Å². The maximum Gasteiger partial charge on any atom is 0.343 e. The molecule has 0 atom stereocenters. The molecule has 0 aliphatic heterocycles. The Morgan fingerprint density at radius 2 is 0.860 bits per heavy atom. The van der Waals surface area contributed by atoms with Crippen LogP contribution in [0.5, 0.6) is 11.5 Å². The zero-order valence-corrected chi connectivity index (χ0v) is 29.0. The van der Waals surface area contributed by atoms with Crippen LogP contribution in [0.4, 0.5) is 0 Å². The van der Waals surface area contributed by atoms with Gasteiger partial charge in [0.15, 0.2) is 0 Å². The standard InChI is InChI=1S/C44H44N2O4/c1-3-5-7-13-27-45-39-17-11-9-15-35(39)37-25-23-33(29-41(37)45)49-43(47)31-19-21-32(22-20-31)44(48)50-34-24-26-38-36-16-10-12-18-40(36)46(42(38)30-34)28-14-8-6-4-2/h9-12,15-26,29-30H,3-8,13-14,27-28H2,1-2H3. The fourth-order valence-corrected chi connectivity index (χ4v) is 7.13. The molecule has 0 saturated carbocycles. The van der Waals surface area contributed by atoms with Gasteiger partial charge in [0.1, 0.15) is 11.5 Å². The average Bonchev–Trinajstić information content (AvgIpc) is 3.63. The highest BCUT2D eigenvalue weighted by Crippen LogP contribution is 2.34. The van der Waals surface area contributed by atoms with Crippen molar-refractivity contribution in [3.8, 4) is 11.5 Å². The summed E-state index contributed by atoms with van der Waals surface area (Å²) < 4.78 is 16.4. The molecule has 50 heavy (non-hydrogen) atoms. The molecule has 5 aromatic carbocycles. The van der Waals surface area contributed by atoms with E-state index in [1.165, 1.54) is 60.3 Å². The van der Waals surface area contributed by atoms with E-state index in [1.807, 2.05) is 36.4 Å². The summed E-state index contributed by atoms with van der Waals surface area (Å²) in [5, 5.41) is 4.68. The number of carbonyl (C=O) groups is 2. The molecule has 6 nitrogen and oxygen atoms in total. The minimum atomic E-state index is -0.480. The van der Waals surface area contributed by atoms with Crippen LogP contribution in [0.2, 0.25) is 0 Å². The van der Waals surface area contributed by atoms with Crippen LogP contribution in [0.25, 0.3) is 43.6 Å². The van der Waals surface area contributed by atoms with Crippen molar-refractivity contribution in [3.05, 3.63) is 120 Å². The van der Waals surface area contributed by atoms with E-state index in [-0.39, 0.29) is 0 Å². The van der Waals surface area contributed by atoms with Crippen molar-refractivity contribution < 1.29 is 19.1 Å². The van der Waals surface area contributed by atoms with Gasteiger partial charge in [-0.2, -0.15) is 0 Å². The van der Waals surface area contributed by atoms with Crippen molar-refractivity contribution in [2.24, 2.45) is 0 Å². The van der Waals surface area contributed by atoms with Crippen molar-refractivity contribution >= 4 is 55.6 Å². The summed E-state index contributed by atoms with van der Waals surface area (Å²) in [6.07, 6.45) is 9.38. The number of fused-ring (bicyclic) bond motifs is 6. The minimum Gasteiger partial charge on any atom is -0.423 e. The highest BCUT2D eigenvalue weighted by atomic mass is 16.5. The summed E-state index contributed by atoms with van der Waals surface area (Å²) in [6.45, 7) is 6.26. The molecule has 7 rings (SSSR count). The third-order valence-corrected chi connectivity index (χ3v) is 9.74. The fourth-order valence-electron chi connectivity index (χ4n) is 7.13. The zero-order chi connectivity index (χ0) is 34.5. The topological polar surface area (TPSA) is 62.5 Å². The first-order valence-electron chi connectivity index (χ1n) is 18.1. The van der Waals surface area contributed by atoms with E-state index in [1.54, 1.807) is 24.3 Å². The molecule has 0 fully saturated rings. The molecule has 0 saturated heterocycles. The van der Waals surface area contributed by atoms with E-state index < -0.39 is 11.9 Å². The number of para-hydroxylation sites is 2. The van der Waals surface area contributed by atoms with Crippen molar-refractivity contribution in [2.45, 2.75) is 78.3 Å². The Kier molecular flexibility index (Phi) is 9.97. The summed E-state index contributed by atoms with van der Waals surface area (Å²) in [4.78, 5) is 26.4. The van der Waals surface area contributed by atoms with Gasteiger partial charge >= 0.3 is 11.9 Å². The molecule has 0 unspecified atom stereocenters. The smallest absolute Gasteiger partial charge is 0.343 e. The van der Waals surface area contributed by atoms with Crippen molar-refractivity contribution in [3.63, 3.8) is 0 Å². The minimum absolute atomic E-state index is 0.357. The Morgan fingerprint density at radius 1 is 0.460 bits per heavy atom. The fraction of sp³-hybridized carbons (Fsp3) is 0.273. The number of rotatable bonds is 14. The van der Waals surface area contributed by atoms with E-state index in [9.17, 15) is 9.59 Å². The Balaban J connectivity index is 1.06. The molecule has 0 radical (unpaired) electrons. The molecular weight excluding hydrogens is 620 g/mol. The lowest BCUT2D eigenvalue weighted by Gasteiger charge is -2.10. The zero-order valence-electron chi connectivity index (χ0n) is 29.0. The summed E-state index contributed by atoms with van der Waals surface area (Å²) in [7, 11) is 0. The molecule has 2 aromatic heterocycles. The number of aromatic nitrogens is 2. The van der Waals surface area contributed by atoms with E-state index >= 15 is 0 Å². The summed E-state index contributed by atoms with van der Waals surface area (Å²) >= 11 is 0. The Bertz CT molecular complexity index is 2130. The molecule has 7 aromatic rings. The quantitative estimate of drug-likeness (QED) is 0.0659. The van der Waals surface area contributed by atoms with Crippen LogP contribution in [0.1, 0.15) is 85.9 Å². The summed E-state index contributed by atoms with van der Waals surface area (Å²) in [5.41, 5.74) is 5.21. The number of ether oxygens (including phenoxy) is 2. The van der Waals surface area contributed by atoms with Crippen LogP contribution >= 0.6 is 0 Å². The number of carbonyl (C=O) groups excluding carboxylic acids is 2. The first-order valence-corrected chi connectivity index (χ1v) is 18.1. The van der Waals surface area contributed by atoms with Gasteiger partial charge in [-0.3, -0.25) is 0 Å². The molecular formula is C44H44N2O4. The Hall–Kier alpha value is -5.36. The van der Waals surface area contributed by atoms with Crippen LogP contribution in [-0.2, 0) is 13.1 Å². The van der Waals surface area contributed by atoms with Gasteiger partial charge in [-0.25, -0.2) is 9.59 Å². The predicted octanol–water partition coefficient (Wildman–Crippen LogP) is 11.5. The number of unbranched alkanes of at least 4 members (excludes halogenated alkanes) is 6. The molecule has 0 amide bonds. The molecule has 6 heteroatoms. The van der Waals surface area contributed by atoms with Gasteiger partial charge in [0.05, 0.1) is 22.2 Å². The van der Waals surface area contributed by atoms with Gasteiger partial charge in [0.2, 0.25) is 0 Å². The largest absolute Gasteiger partial charge is 0.423 e. The lowest BCUT2D eigenvalue weighted by molar-refractivity contribution is 0.0720. The number of esters is 2. The number of hydrogen-bond acceptors (Lipinski definition) is 4. The lowest BCUT2D eigenvalue weighted by atomic mass is 10.1. The Labute approximate surface area is 293 Å². The number of nitrogens with zero attached hydrogens (tertiary/aromatic N) is 2. The first-order chi connectivity index (χ1) is 24.6. The molecule has 0 spiro atoms. The molecule has 0 aliphatic rings. The SMILES string of the molecule is CCCCCCn1c2ccccc2c2ccc(OC(=O)c3ccc(C(=O)Oc4ccc5c6ccccc6n(CCCCCC)c5c4)cc3)cc21. The van der Waals surface area contributed by atoms with Gasteiger partial charge in [-0.05, 0) is 73.5 Å². The van der Waals surface area contributed by atoms with Crippen molar-refractivity contribution in [2.75, 3.05) is 0 Å². The van der Waals surface area contributed by atoms with Crippen LogP contribution in [0, 0.1) is 0 Å². The number of hydrogen-bond donors (Lipinski definition) is 0. The number of benzene rings is 5. The van der Waals surface area contributed by atoms with E-state index in [4.69, 9.17) is 9.47 Å². The second-order valence-electron chi connectivity index (χ2n) is 13.2. The third-order valence-electron chi connectivity index (χ3n) is 9.74. The molecule has 0 bridgehead atoms. The maximum atomic E-state index is 13.2. The number of aryl methyl sites for hydroxylation is 2. The van der Waals surface area contributed by atoms with Crippen LogP contribution in [0.15, 0.2) is 109 Å². The normalized spacial score (nSPS) is 11.6. The molecule has 0 N–H and O–H groups in total. The average molecular weight is 665 g/mol. The second-order valence-corrected chi connectivity index (χ2v) is 13.2. The van der Waals surface area contributed by atoms with Crippen LogP contribution < -0.4 is 9.47 Å². The van der Waals surface area contributed by atoms with E-state index in [2.05, 4.69) is 71.5 Å².